The maximum Gasteiger partial charge on any atom is 0.320 e. The first-order valence-electron chi connectivity index (χ1n) is 6.70. The molecule has 110 valence electrons. The van der Waals surface area contributed by atoms with E-state index in [-0.39, 0.29) is 18.8 Å². The fraction of sp³-hybridized carbons (Fsp3) is 0.500. The van der Waals surface area contributed by atoms with Crippen molar-refractivity contribution in [3.05, 3.63) is 28.2 Å². The van der Waals surface area contributed by atoms with Crippen LogP contribution in [-0.4, -0.2) is 30.2 Å². The van der Waals surface area contributed by atoms with Crippen molar-refractivity contribution < 1.29 is 9.53 Å². The highest BCUT2D eigenvalue weighted by atomic mass is 35.5. The van der Waals surface area contributed by atoms with Gasteiger partial charge in [0.2, 0.25) is 0 Å². The monoisotopic (exact) mass is 316 g/mol. The Morgan fingerprint density at radius 3 is 2.95 bits per heavy atom. The number of urea groups is 1. The second kappa shape index (κ2) is 7.04. The molecule has 0 aromatic heterocycles. The van der Waals surface area contributed by atoms with E-state index in [0.29, 0.717) is 15.8 Å². The van der Waals surface area contributed by atoms with Crippen molar-refractivity contribution in [2.45, 2.75) is 32.2 Å². The van der Waals surface area contributed by atoms with E-state index in [4.69, 9.17) is 27.9 Å². The van der Waals surface area contributed by atoms with E-state index in [1.54, 1.807) is 18.2 Å². The van der Waals surface area contributed by atoms with Gasteiger partial charge < -0.3 is 15.0 Å². The lowest BCUT2D eigenvalue weighted by Crippen LogP contribution is -2.48. The van der Waals surface area contributed by atoms with Gasteiger partial charge in [0.05, 0.1) is 5.02 Å². The van der Waals surface area contributed by atoms with Crippen LogP contribution in [0.3, 0.4) is 0 Å². The molecule has 2 rings (SSSR count). The highest BCUT2D eigenvalue weighted by Crippen LogP contribution is 2.27. The van der Waals surface area contributed by atoms with Gasteiger partial charge in [-0.25, -0.2) is 4.79 Å². The van der Waals surface area contributed by atoms with Gasteiger partial charge >= 0.3 is 6.03 Å². The molecule has 1 aliphatic rings. The minimum absolute atomic E-state index is 0.0867. The van der Waals surface area contributed by atoms with Crippen LogP contribution in [0.5, 0.6) is 5.75 Å². The molecule has 0 bridgehead atoms. The first kappa shape index (κ1) is 15.3. The van der Waals surface area contributed by atoms with Crippen LogP contribution in [0.15, 0.2) is 18.2 Å². The molecule has 0 spiro atoms. The summed E-state index contributed by atoms with van der Waals surface area (Å²) in [5.41, 5.74) is 0. The first-order valence-corrected chi connectivity index (χ1v) is 7.46. The van der Waals surface area contributed by atoms with Crippen molar-refractivity contribution in [1.29, 1.82) is 0 Å². The topological polar surface area (TPSA) is 41.6 Å². The van der Waals surface area contributed by atoms with E-state index < -0.39 is 0 Å². The SMILES string of the molecule is CC1CCCCN1C(=O)NCOc1ccc(Cl)cc1Cl. The van der Waals surface area contributed by atoms with E-state index >= 15 is 0 Å². The summed E-state index contributed by atoms with van der Waals surface area (Å²) < 4.78 is 5.44. The van der Waals surface area contributed by atoms with Gasteiger partial charge in [0.25, 0.3) is 0 Å². The van der Waals surface area contributed by atoms with Gasteiger partial charge in [0.1, 0.15) is 5.75 Å². The molecule has 1 heterocycles. The van der Waals surface area contributed by atoms with E-state index in [1.807, 2.05) is 4.90 Å². The molecule has 1 fully saturated rings. The summed E-state index contributed by atoms with van der Waals surface area (Å²) in [6, 6.07) is 5.16. The summed E-state index contributed by atoms with van der Waals surface area (Å²) in [4.78, 5) is 13.9. The van der Waals surface area contributed by atoms with Crippen LogP contribution in [0, 0.1) is 0 Å². The Labute approximate surface area is 129 Å². The Balaban J connectivity index is 1.81. The molecule has 2 amide bonds. The number of benzene rings is 1. The molecule has 6 heteroatoms. The van der Waals surface area contributed by atoms with Gasteiger partial charge in [-0.2, -0.15) is 0 Å². The minimum atomic E-state index is -0.0951. The van der Waals surface area contributed by atoms with Gasteiger partial charge in [-0.05, 0) is 44.4 Å². The maximum absolute atomic E-state index is 12.0. The molecule has 0 aliphatic carbocycles. The molecule has 1 atom stereocenters. The van der Waals surface area contributed by atoms with Crippen LogP contribution >= 0.6 is 23.2 Å². The average Bonchev–Trinajstić information content (AvgIpc) is 2.41. The zero-order valence-electron chi connectivity index (χ0n) is 11.4. The molecule has 1 aromatic carbocycles. The second-order valence-electron chi connectivity index (χ2n) is 4.88. The summed E-state index contributed by atoms with van der Waals surface area (Å²) in [5.74, 6) is 0.503. The van der Waals surface area contributed by atoms with Crippen LogP contribution in [0.1, 0.15) is 26.2 Å². The van der Waals surface area contributed by atoms with E-state index in [1.165, 1.54) is 6.42 Å². The number of halogens is 2. The predicted octanol–water partition coefficient (Wildman–Crippen LogP) is 3.91. The second-order valence-corrected chi connectivity index (χ2v) is 5.73. The molecular weight excluding hydrogens is 299 g/mol. The minimum Gasteiger partial charge on any atom is -0.472 e. The summed E-state index contributed by atoms with van der Waals surface area (Å²) >= 11 is 11.8. The number of likely N-dealkylation sites (tertiary alicyclic amines) is 1. The number of ether oxygens (including phenoxy) is 1. The van der Waals surface area contributed by atoms with Gasteiger partial charge in [0.15, 0.2) is 6.73 Å². The molecule has 1 aliphatic heterocycles. The lowest BCUT2D eigenvalue weighted by molar-refractivity contribution is 0.149. The number of nitrogens with zero attached hydrogens (tertiary/aromatic N) is 1. The Hall–Kier alpha value is -1.13. The molecule has 1 saturated heterocycles. The Morgan fingerprint density at radius 2 is 2.25 bits per heavy atom. The Bertz CT molecular complexity index is 482. The van der Waals surface area contributed by atoms with Crippen LogP contribution in [-0.2, 0) is 0 Å². The van der Waals surface area contributed by atoms with Crippen LogP contribution in [0.2, 0.25) is 10.0 Å². The number of carbonyl (C=O) groups excluding carboxylic acids is 1. The quantitative estimate of drug-likeness (QED) is 0.859. The third-order valence-corrected chi connectivity index (χ3v) is 3.94. The third kappa shape index (κ3) is 3.93. The van der Waals surface area contributed by atoms with Crippen LogP contribution in [0.4, 0.5) is 4.79 Å². The summed E-state index contributed by atoms with van der Waals surface area (Å²) in [5, 5.41) is 3.72. The number of hydrogen-bond acceptors (Lipinski definition) is 2. The zero-order valence-corrected chi connectivity index (χ0v) is 12.9. The van der Waals surface area contributed by atoms with Crippen molar-refractivity contribution in [3.63, 3.8) is 0 Å². The number of amides is 2. The van der Waals surface area contributed by atoms with E-state index in [9.17, 15) is 4.79 Å². The van der Waals surface area contributed by atoms with Gasteiger partial charge in [-0.15, -0.1) is 0 Å². The largest absolute Gasteiger partial charge is 0.472 e. The highest BCUT2D eigenvalue weighted by molar-refractivity contribution is 6.35. The smallest absolute Gasteiger partial charge is 0.320 e. The van der Waals surface area contributed by atoms with Crippen molar-refractivity contribution >= 4 is 29.2 Å². The van der Waals surface area contributed by atoms with Crippen molar-refractivity contribution in [3.8, 4) is 5.75 Å². The number of hydrogen-bond donors (Lipinski definition) is 1. The standard InChI is InChI=1S/C14H18Cl2N2O2/c1-10-4-2-3-7-18(10)14(19)17-9-20-13-6-5-11(15)8-12(13)16/h5-6,8,10H,2-4,7,9H2,1H3,(H,17,19). The normalized spacial score (nSPS) is 18.8. The number of carbonyl (C=O) groups is 1. The van der Waals surface area contributed by atoms with Crippen LogP contribution < -0.4 is 10.1 Å². The van der Waals surface area contributed by atoms with Crippen LogP contribution in [0.25, 0.3) is 0 Å². The first-order chi connectivity index (χ1) is 9.58. The van der Waals surface area contributed by atoms with Crippen molar-refractivity contribution in [2.24, 2.45) is 0 Å². The van der Waals surface area contributed by atoms with Gasteiger partial charge in [-0.3, -0.25) is 0 Å². The van der Waals surface area contributed by atoms with E-state index in [2.05, 4.69) is 12.2 Å². The number of piperidine rings is 1. The summed E-state index contributed by atoms with van der Waals surface area (Å²) in [7, 11) is 0. The van der Waals surface area contributed by atoms with Gasteiger partial charge in [-0.1, -0.05) is 23.2 Å². The average molecular weight is 317 g/mol. The maximum atomic E-state index is 12.0. The molecule has 0 radical (unpaired) electrons. The third-order valence-electron chi connectivity index (χ3n) is 3.41. The van der Waals surface area contributed by atoms with Crippen molar-refractivity contribution in [1.82, 2.24) is 10.2 Å². The lowest BCUT2D eigenvalue weighted by Gasteiger charge is -2.33. The zero-order chi connectivity index (χ0) is 14.5. The molecule has 0 saturated carbocycles. The highest BCUT2D eigenvalue weighted by Gasteiger charge is 2.22. The summed E-state index contributed by atoms with van der Waals surface area (Å²) in [6.07, 6.45) is 3.29. The fourth-order valence-corrected chi connectivity index (χ4v) is 2.73. The van der Waals surface area contributed by atoms with Gasteiger partial charge in [0, 0.05) is 17.6 Å². The Kier molecular flexibility index (Phi) is 5.38. The van der Waals surface area contributed by atoms with Crippen molar-refractivity contribution in [2.75, 3.05) is 13.3 Å². The Morgan fingerprint density at radius 1 is 1.45 bits per heavy atom. The molecule has 1 aromatic rings. The molecule has 1 N–H and O–H groups in total. The van der Waals surface area contributed by atoms with E-state index in [0.717, 1.165) is 19.4 Å². The number of nitrogens with one attached hydrogen (secondary N) is 1. The number of rotatable bonds is 3. The molecular formula is C14H18Cl2N2O2. The fourth-order valence-electron chi connectivity index (χ4n) is 2.27. The molecule has 1 unspecified atom stereocenters. The molecule has 4 nitrogen and oxygen atoms in total. The predicted molar refractivity (Wildman–Crippen MR) is 80.5 cm³/mol. The molecule has 20 heavy (non-hydrogen) atoms. The summed E-state index contributed by atoms with van der Waals surface area (Å²) in [6.45, 7) is 2.95. The lowest BCUT2D eigenvalue weighted by atomic mass is 10.0.